The molecule has 0 saturated heterocycles. The molecule has 0 unspecified atom stereocenters. The number of hydrogen-bond acceptors (Lipinski definition) is 3. The lowest BCUT2D eigenvalue weighted by molar-refractivity contribution is 0.184. The van der Waals surface area contributed by atoms with Crippen LogP contribution in [0.4, 0.5) is 0 Å². The van der Waals surface area contributed by atoms with E-state index in [1.54, 1.807) is 13.2 Å². The zero-order chi connectivity index (χ0) is 8.27. The van der Waals surface area contributed by atoms with Crippen LogP contribution in [0.2, 0.25) is 0 Å². The molecular formula is C8H10O3. The minimum absolute atomic E-state index is 0.107. The molecule has 0 spiro atoms. The molecule has 0 saturated carbocycles. The number of rotatable bonds is 2. The second-order valence-corrected chi connectivity index (χ2v) is 2.26. The molecular weight excluding hydrogens is 144 g/mol. The number of methoxy groups -OCH3 is 1. The standard InChI is InChI=1S/C8H10O3/c1-11-5-6-2-3-7(9)8(10)4-6/h2-4,9-10H,5H2,1H3. The Morgan fingerprint density at radius 1 is 1.27 bits per heavy atom. The summed E-state index contributed by atoms with van der Waals surface area (Å²) in [6.45, 7) is 0.438. The molecule has 0 heterocycles. The van der Waals surface area contributed by atoms with Crippen molar-refractivity contribution >= 4 is 0 Å². The fourth-order valence-corrected chi connectivity index (χ4v) is 0.825. The van der Waals surface area contributed by atoms with E-state index in [9.17, 15) is 0 Å². The summed E-state index contributed by atoms with van der Waals surface area (Å²) in [6.07, 6.45) is 0. The molecule has 0 aliphatic heterocycles. The summed E-state index contributed by atoms with van der Waals surface area (Å²) in [6, 6.07) is 4.60. The summed E-state index contributed by atoms with van der Waals surface area (Å²) in [5.74, 6) is -0.218. The van der Waals surface area contributed by atoms with Crippen molar-refractivity contribution < 1.29 is 14.9 Å². The third-order valence-corrected chi connectivity index (χ3v) is 1.35. The summed E-state index contributed by atoms with van der Waals surface area (Å²) in [5.41, 5.74) is 0.836. The largest absolute Gasteiger partial charge is 0.504 e. The third kappa shape index (κ3) is 1.85. The molecule has 0 radical (unpaired) electrons. The highest BCUT2D eigenvalue weighted by atomic mass is 16.5. The topological polar surface area (TPSA) is 49.7 Å². The number of phenols is 2. The number of aromatic hydroxyl groups is 2. The molecule has 11 heavy (non-hydrogen) atoms. The van der Waals surface area contributed by atoms with Crippen molar-refractivity contribution in [3.63, 3.8) is 0 Å². The lowest BCUT2D eigenvalue weighted by atomic mass is 10.2. The molecule has 1 aromatic rings. The van der Waals surface area contributed by atoms with E-state index in [2.05, 4.69) is 0 Å². The summed E-state index contributed by atoms with van der Waals surface area (Å²) < 4.78 is 4.83. The predicted octanol–water partition coefficient (Wildman–Crippen LogP) is 1.24. The minimum Gasteiger partial charge on any atom is -0.504 e. The highest BCUT2D eigenvalue weighted by Gasteiger charge is 1.98. The minimum atomic E-state index is -0.112. The first-order chi connectivity index (χ1) is 5.24. The van der Waals surface area contributed by atoms with E-state index in [1.807, 2.05) is 0 Å². The van der Waals surface area contributed by atoms with Crippen LogP contribution in [0, 0.1) is 0 Å². The Morgan fingerprint density at radius 3 is 2.55 bits per heavy atom. The molecule has 0 fully saturated rings. The van der Waals surface area contributed by atoms with Gasteiger partial charge >= 0.3 is 0 Å². The third-order valence-electron chi connectivity index (χ3n) is 1.35. The Labute approximate surface area is 64.9 Å². The van der Waals surface area contributed by atoms with Crippen LogP contribution in [-0.4, -0.2) is 17.3 Å². The highest BCUT2D eigenvalue weighted by molar-refractivity contribution is 5.40. The van der Waals surface area contributed by atoms with Gasteiger partial charge in [0.1, 0.15) is 0 Å². The summed E-state index contributed by atoms with van der Waals surface area (Å²) >= 11 is 0. The first-order valence-electron chi connectivity index (χ1n) is 3.24. The van der Waals surface area contributed by atoms with E-state index in [4.69, 9.17) is 14.9 Å². The zero-order valence-corrected chi connectivity index (χ0v) is 6.24. The van der Waals surface area contributed by atoms with Crippen molar-refractivity contribution in [2.45, 2.75) is 6.61 Å². The van der Waals surface area contributed by atoms with Crippen molar-refractivity contribution in [3.05, 3.63) is 23.8 Å². The van der Waals surface area contributed by atoms with E-state index in [0.29, 0.717) is 6.61 Å². The van der Waals surface area contributed by atoms with E-state index >= 15 is 0 Å². The van der Waals surface area contributed by atoms with Crippen LogP contribution in [0.5, 0.6) is 11.5 Å². The van der Waals surface area contributed by atoms with Gasteiger partial charge in [-0.2, -0.15) is 0 Å². The van der Waals surface area contributed by atoms with Gasteiger partial charge in [-0.25, -0.2) is 0 Å². The molecule has 3 heteroatoms. The fraction of sp³-hybridized carbons (Fsp3) is 0.250. The lowest BCUT2D eigenvalue weighted by Crippen LogP contribution is -1.85. The van der Waals surface area contributed by atoms with Crippen molar-refractivity contribution in [2.75, 3.05) is 7.11 Å². The van der Waals surface area contributed by atoms with Crippen LogP contribution < -0.4 is 0 Å². The lowest BCUT2D eigenvalue weighted by Gasteiger charge is -2.01. The Hall–Kier alpha value is -1.22. The quantitative estimate of drug-likeness (QED) is 0.630. The number of benzene rings is 1. The van der Waals surface area contributed by atoms with Gasteiger partial charge in [-0.1, -0.05) is 6.07 Å². The smallest absolute Gasteiger partial charge is 0.157 e. The molecule has 0 aliphatic rings. The van der Waals surface area contributed by atoms with Gasteiger partial charge in [0.05, 0.1) is 6.61 Å². The van der Waals surface area contributed by atoms with Crippen LogP contribution >= 0.6 is 0 Å². The average Bonchev–Trinajstić information content (AvgIpc) is 1.98. The highest BCUT2D eigenvalue weighted by Crippen LogP contribution is 2.24. The first-order valence-corrected chi connectivity index (χ1v) is 3.24. The molecule has 0 aliphatic carbocycles. The Balaban J connectivity index is 2.86. The molecule has 1 aromatic carbocycles. The van der Waals surface area contributed by atoms with Gasteiger partial charge in [0.2, 0.25) is 0 Å². The Bertz CT molecular complexity index is 245. The second kappa shape index (κ2) is 3.25. The number of ether oxygens (including phenoxy) is 1. The van der Waals surface area contributed by atoms with Gasteiger partial charge < -0.3 is 14.9 Å². The van der Waals surface area contributed by atoms with Gasteiger partial charge in [0.25, 0.3) is 0 Å². The van der Waals surface area contributed by atoms with Gasteiger partial charge in [-0.3, -0.25) is 0 Å². The van der Waals surface area contributed by atoms with Crippen molar-refractivity contribution in [2.24, 2.45) is 0 Å². The van der Waals surface area contributed by atoms with E-state index < -0.39 is 0 Å². The Morgan fingerprint density at radius 2 is 2.00 bits per heavy atom. The van der Waals surface area contributed by atoms with Gasteiger partial charge in [-0.05, 0) is 17.7 Å². The molecule has 0 aromatic heterocycles. The Kier molecular flexibility index (Phi) is 2.33. The van der Waals surface area contributed by atoms with Crippen molar-refractivity contribution in [1.82, 2.24) is 0 Å². The number of hydrogen-bond donors (Lipinski definition) is 2. The van der Waals surface area contributed by atoms with Gasteiger partial charge in [-0.15, -0.1) is 0 Å². The maximum atomic E-state index is 9.02. The van der Waals surface area contributed by atoms with Crippen LogP contribution in [0.1, 0.15) is 5.56 Å². The normalized spacial score (nSPS) is 9.91. The van der Waals surface area contributed by atoms with E-state index in [1.165, 1.54) is 12.1 Å². The summed E-state index contributed by atoms with van der Waals surface area (Å²) in [7, 11) is 1.57. The maximum Gasteiger partial charge on any atom is 0.157 e. The SMILES string of the molecule is COCc1ccc(O)c(O)c1. The van der Waals surface area contributed by atoms with E-state index in [0.717, 1.165) is 5.56 Å². The van der Waals surface area contributed by atoms with Crippen LogP contribution in [0.15, 0.2) is 18.2 Å². The maximum absolute atomic E-state index is 9.02. The summed E-state index contributed by atoms with van der Waals surface area (Å²) in [4.78, 5) is 0. The second-order valence-electron chi connectivity index (χ2n) is 2.26. The monoisotopic (exact) mass is 154 g/mol. The van der Waals surface area contributed by atoms with Crippen LogP contribution in [-0.2, 0) is 11.3 Å². The average molecular weight is 154 g/mol. The van der Waals surface area contributed by atoms with Crippen molar-refractivity contribution in [3.8, 4) is 11.5 Å². The molecule has 1 rings (SSSR count). The zero-order valence-electron chi connectivity index (χ0n) is 6.24. The van der Waals surface area contributed by atoms with Gasteiger partial charge in [0.15, 0.2) is 11.5 Å². The first kappa shape index (κ1) is 7.88. The molecule has 0 amide bonds. The number of phenolic OH excluding ortho intramolecular Hbond substituents is 2. The van der Waals surface area contributed by atoms with E-state index in [-0.39, 0.29) is 11.5 Å². The summed E-state index contributed by atoms with van der Waals surface area (Å²) in [5, 5.41) is 17.9. The van der Waals surface area contributed by atoms with Crippen molar-refractivity contribution in [1.29, 1.82) is 0 Å². The molecule has 3 nitrogen and oxygen atoms in total. The predicted molar refractivity (Wildman–Crippen MR) is 40.5 cm³/mol. The molecule has 0 atom stereocenters. The van der Waals surface area contributed by atoms with Gasteiger partial charge in [0, 0.05) is 7.11 Å². The molecule has 2 N–H and O–H groups in total. The van der Waals surface area contributed by atoms with Crippen LogP contribution in [0.3, 0.4) is 0 Å². The van der Waals surface area contributed by atoms with Crippen LogP contribution in [0.25, 0.3) is 0 Å². The molecule has 0 bridgehead atoms. The fourth-order valence-electron chi connectivity index (χ4n) is 0.825. The molecule has 60 valence electrons.